The van der Waals surface area contributed by atoms with Gasteiger partial charge < -0.3 is 24.4 Å². The van der Waals surface area contributed by atoms with Gasteiger partial charge in [0.05, 0.1) is 26.4 Å². The zero-order chi connectivity index (χ0) is 12.8. The maximum atomic E-state index is 9.38. The lowest BCUT2D eigenvalue weighted by Crippen LogP contribution is -2.44. The van der Waals surface area contributed by atoms with Gasteiger partial charge in [0.2, 0.25) is 5.79 Å². The van der Waals surface area contributed by atoms with E-state index in [9.17, 15) is 5.11 Å². The van der Waals surface area contributed by atoms with Crippen LogP contribution < -0.4 is 0 Å². The van der Waals surface area contributed by atoms with E-state index in [1.54, 1.807) is 0 Å². The van der Waals surface area contributed by atoms with Gasteiger partial charge in [-0.1, -0.05) is 30.3 Å². The minimum Gasteiger partial charge on any atom is -0.394 e. The third kappa shape index (κ3) is 3.07. The second-order valence-corrected chi connectivity index (χ2v) is 4.17. The van der Waals surface area contributed by atoms with Gasteiger partial charge in [0.25, 0.3) is 0 Å². The molecule has 0 radical (unpaired) electrons. The molecule has 1 aromatic rings. The van der Waals surface area contributed by atoms with Crippen molar-refractivity contribution in [2.45, 2.75) is 11.9 Å². The van der Waals surface area contributed by atoms with Crippen LogP contribution in [0.5, 0.6) is 0 Å². The number of rotatable bonds is 5. The highest BCUT2D eigenvalue weighted by atomic mass is 16.7. The zero-order valence-electron chi connectivity index (χ0n) is 10.1. The molecule has 100 valence electrons. The minimum atomic E-state index is -0.990. The molecule has 18 heavy (non-hydrogen) atoms. The summed E-state index contributed by atoms with van der Waals surface area (Å²) in [6.45, 7) is 0.889. The molecule has 0 aliphatic carbocycles. The molecule has 2 N–H and O–H groups in total. The number of hydrogen-bond acceptors (Lipinski definition) is 5. The van der Waals surface area contributed by atoms with Crippen LogP contribution in [-0.2, 0) is 20.0 Å². The summed E-state index contributed by atoms with van der Waals surface area (Å²) in [6.07, 6.45) is -0.920. The van der Waals surface area contributed by atoms with Gasteiger partial charge in [-0.15, -0.1) is 0 Å². The summed E-state index contributed by atoms with van der Waals surface area (Å²) in [5.74, 6) is -0.990. The largest absolute Gasteiger partial charge is 0.394 e. The Balaban J connectivity index is 2.13. The Hall–Kier alpha value is -0.980. The number of aliphatic hydroxyl groups excluding tert-OH is 2. The van der Waals surface area contributed by atoms with Crippen LogP contribution in [0.15, 0.2) is 30.3 Å². The van der Waals surface area contributed by atoms with E-state index in [2.05, 4.69) is 0 Å². The molecule has 1 fully saturated rings. The molecule has 0 aromatic heterocycles. The van der Waals surface area contributed by atoms with Gasteiger partial charge in [-0.05, 0) is 0 Å². The van der Waals surface area contributed by atoms with Crippen LogP contribution in [0.2, 0.25) is 0 Å². The van der Waals surface area contributed by atoms with Crippen molar-refractivity contribution < 1.29 is 24.4 Å². The average molecular weight is 254 g/mol. The van der Waals surface area contributed by atoms with E-state index in [1.165, 1.54) is 0 Å². The predicted molar refractivity (Wildman–Crippen MR) is 63.9 cm³/mol. The molecule has 2 rings (SSSR count). The Morgan fingerprint density at radius 1 is 1.28 bits per heavy atom. The van der Waals surface area contributed by atoms with E-state index in [4.69, 9.17) is 19.3 Å². The SMILES string of the molecule is OCC(O)COC1(c2ccccc2)COCCO1. The molecular weight excluding hydrogens is 236 g/mol. The Morgan fingerprint density at radius 2 is 2.06 bits per heavy atom. The van der Waals surface area contributed by atoms with E-state index >= 15 is 0 Å². The summed E-state index contributed by atoms with van der Waals surface area (Å²) in [5, 5.41) is 18.2. The molecule has 2 atom stereocenters. The number of hydrogen-bond donors (Lipinski definition) is 2. The maximum Gasteiger partial charge on any atom is 0.219 e. The van der Waals surface area contributed by atoms with Gasteiger partial charge in [0.1, 0.15) is 12.7 Å². The first kappa shape index (κ1) is 13.5. The highest BCUT2D eigenvalue weighted by Crippen LogP contribution is 2.30. The van der Waals surface area contributed by atoms with Crippen molar-refractivity contribution in [2.24, 2.45) is 0 Å². The summed E-state index contributed by atoms with van der Waals surface area (Å²) < 4.78 is 16.8. The second kappa shape index (κ2) is 6.26. The van der Waals surface area contributed by atoms with Crippen molar-refractivity contribution >= 4 is 0 Å². The van der Waals surface area contributed by atoms with Gasteiger partial charge >= 0.3 is 0 Å². The second-order valence-electron chi connectivity index (χ2n) is 4.17. The topological polar surface area (TPSA) is 68.2 Å². The van der Waals surface area contributed by atoms with Crippen LogP contribution in [-0.4, -0.2) is 49.4 Å². The lowest BCUT2D eigenvalue weighted by molar-refractivity contribution is -0.308. The quantitative estimate of drug-likeness (QED) is 0.788. The molecule has 0 amide bonds. The normalized spacial score (nSPS) is 25.9. The molecular formula is C13H18O5. The highest BCUT2D eigenvalue weighted by molar-refractivity contribution is 5.20. The molecule has 1 aliphatic rings. The molecule has 5 heteroatoms. The van der Waals surface area contributed by atoms with Crippen LogP contribution in [0.25, 0.3) is 0 Å². The van der Waals surface area contributed by atoms with Crippen molar-refractivity contribution in [1.82, 2.24) is 0 Å². The maximum absolute atomic E-state index is 9.38. The lowest BCUT2D eigenvalue weighted by atomic mass is 10.1. The van der Waals surface area contributed by atoms with E-state index < -0.39 is 11.9 Å². The van der Waals surface area contributed by atoms with Crippen LogP contribution in [0.1, 0.15) is 5.56 Å². The molecule has 0 bridgehead atoms. The van der Waals surface area contributed by atoms with Gasteiger partial charge in [-0.2, -0.15) is 0 Å². The molecule has 0 saturated carbocycles. The van der Waals surface area contributed by atoms with Gasteiger partial charge in [0, 0.05) is 5.56 Å². The Morgan fingerprint density at radius 3 is 2.67 bits per heavy atom. The Labute approximate surface area is 106 Å². The number of aliphatic hydroxyl groups is 2. The van der Waals surface area contributed by atoms with Crippen molar-refractivity contribution in [3.8, 4) is 0 Å². The molecule has 2 unspecified atom stereocenters. The first-order valence-electron chi connectivity index (χ1n) is 5.97. The third-order valence-electron chi connectivity index (χ3n) is 2.79. The fourth-order valence-electron chi connectivity index (χ4n) is 1.82. The van der Waals surface area contributed by atoms with Crippen LogP contribution in [0, 0.1) is 0 Å². The van der Waals surface area contributed by atoms with E-state index in [0.29, 0.717) is 13.2 Å². The van der Waals surface area contributed by atoms with Crippen molar-refractivity contribution in [1.29, 1.82) is 0 Å². The van der Waals surface area contributed by atoms with Gasteiger partial charge in [-0.3, -0.25) is 0 Å². The predicted octanol–water partition coefficient (Wildman–Crippen LogP) is 0.256. The summed E-state index contributed by atoms with van der Waals surface area (Å²) in [4.78, 5) is 0. The van der Waals surface area contributed by atoms with Gasteiger partial charge in [-0.25, -0.2) is 0 Å². The first-order valence-corrected chi connectivity index (χ1v) is 5.97. The Bertz CT molecular complexity index is 348. The molecule has 5 nitrogen and oxygen atoms in total. The van der Waals surface area contributed by atoms with Crippen molar-refractivity contribution in [3.05, 3.63) is 35.9 Å². The molecule has 1 saturated heterocycles. The summed E-state index contributed by atoms with van der Waals surface area (Å²) in [7, 11) is 0. The summed E-state index contributed by atoms with van der Waals surface area (Å²) in [6, 6.07) is 9.46. The lowest BCUT2D eigenvalue weighted by Gasteiger charge is -2.37. The van der Waals surface area contributed by atoms with Gasteiger partial charge in [0.15, 0.2) is 0 Å². The minimum absolute atomic E-state index is 0.00520. The van der Waals surface area contributed by atoms with Crippen molar-refractivity contribution in [2.75, 3.05) is 33.0 Å². The Kier molecular flexibility index (Phi) is 4.68. The van der Waals surface area contributed by atoms with E-state index in [-0.39, 0.29) is 19.8 Å². The molecule has 1 aliphatic heterocycles. The first-order chi connectivity index (χ1) is 8.77. The highest BCUT2D eigenvalue weighted by Gasteiger charge is 2.37. The monoisotopic (exact) mass is 254 g/mol. The fourth-order valence-corrected chi connectivity index (χ4v) is 1.82. The fraction of sp³-hybridized carbons (Fsp3) is 0.538. The van der Waals surface area contributed by atoms with Crippen LogP contribution in [0.4, 0.5) is 0 Å². The van der Waals surface area contributed by atoms with E-state index in [1.807, 2.05) is 30.3 Å². The standard InChI is InChI=1S/C13H18O5/c14-8-12(15)9-18-13(10-16-6-7-17-13)11-4-2-1-3-5-11/h1-5,12,14-15H,6-10H2. The smallest absolute Gasteiger partial charge is 0.219 e. The molecule has 0 spiro atoms. The van der Waals surface area contributed by atoms with Crippen LogP contribution in [0.3, 0.4) is 0 Å². The third-order valence-corrected chi connectivity index (χ3v) is 2.79. The molecule has 1 aromatic carbocycles. The number of ether oxygens (including phenoxy) is 3. The molecule has 1 heterocycles. The average Bonchev–Trinajstić information content (AvgIpc) is 2.46. The van der Waals surface area contributed by atoms with Crippen LogP contribution >= 0.6 is 0 Å². The summed E-state index contributed by atoms with van der Waals surface area (Å²) in [5.41, 5.74) is 0.842. The zero-order valence-corrected chi connectivity index (χ0v) is 10.1. The number of benzene rings is 1. The summed E-state index contributed by atoms with van der Waals surface area (Å²) >= 11 is 0. The van der Waals surface area contributed by atoms with E-state index in [0.717, 1.165) is 5.56 Å². The van der Waals surface area contributed by atoms with Crippen molar-refractivity contribution in [3.63, 3.8) is 0 Å².